The first-order valence-electron chi connectivity index (χ1n) is 7.07. The van der Waals surface area contributed by atoms with Crippen LogP contribution in [0.15, 0.2) is 24.3 Å². The number of carbonyl (C=O) groups excluding carboxylic acids is 2. The lowest BCUT2D eigenvalue weighted by Crippen LogP contribution is -2.54. The molecular weight excluding hydrogens is 309 g/mol. The number of nitrogens with zero attached hydrogens (tertiary/aromatic N) is 1. The summed E-state index contributed by atoms with van der Waals surface area (Å²) in [5, 5.41) is 5.80. The number of halogens is 2. The first-order valence-corrected chi connectivity index (χ1v) is 7.07. The van der Waals surface area contributed by atoms with E-state index >= 15 is 0 Å². The topological polar surface area (TPSA) is 61.4 Å². The quantitative estimate of drug-likeness (QED) is 0.856. The fourth-order valence-electron chi connectivity index (χ4n) is 2.38. The van der Waals surface area contributed by atoms with Crippen molar-refractivity contribution in [2.24, 2.45) is 0 Å². The molecule has 5 nitrogen and oxygen atoms in total. The third-order valence-electron chi connectivity index (χ3n) is 3.51. The normalized spacial score (nSPS) is 17.5. The standard InChI is InChI=1S/C15H20FN3O2.ClH/c1-11-9-17-5-6-19(11)15(21)10-18-14(20)8-12-3-2-4-13(16)7-12;/h2-4,7,11,17H,5-6,8-10H2,1H3,(H,18,20);1H/t11-;/m0./s1. The molecule has 0 bridgehead atoms. The van der Waals surface area contributed by atoms with E-state index in [1.165, 1.54) is 12.1 Å². The van der Waals surface area contributed by atoms with Gasteiger partial charge in [-0.25, -0.2) is 4.39 Å². The molecule has 2 amide bonds. The minimum atomic E-state index is -0.369. The Kier molecular flexibility index (Phi) is 7.27. The SMILES string of the molecule is C[C@H]1CNCCN1C(=O)CNC(=O)Cc1cccc(F)c1.Cl. The Morgan fingerprint density at radius 3 is 2.91 bits per heavy atom. The molecule has 1 aromatic rings. The number of amides is 2. The van der Waals surface area contributed by atoms with Gasteiger partial charge in [0, 0.05) is 25.7 Å². The Bertz CT molecular complexity index is 527. The monoisotopic (exact) mass is 329 g/mol. The van der Waals surface area contributed by atoms with Crippen molar-refractivity contribution in [1.82, 2.24) is 15.5 Å². The van der Waals surface area contributed by atoms with Gasteiger partial charge in [-0.3, -0.25) is 9.59 Å². The zero-order valence-electron chi connectivity index (χ0n) is 12.5. The Hall–Kier alpha value is -1.66. The molecule has 2 rings (SSSR count). The molecule has 0 aliphatic carbocycles. The van der Waals surface area contributed by atoms with Crippen LogP contribution in [0.1, 0.15) is 12.5 Å². The molecule has 1 saturated heterocycles. The molecule has 1 aliphatic rings. The van der Waals surface area contributed by atoms with Crippen LogP contribution in [0.25, 0.3) is 0 Å². The highest BCUT2D eigenvalue weighted by molar-refractivity contribution is 5.86. The molecule has 1 aromatic carbocycles. The van der Waals surface area contributed by atoms with E-state index in [4.69, 9.17) is 0 Å². The molecular formula is C15H21ClFN3O2. The van der Waals surface area contributed by atoms with Crippen molar-refractivity contribution in [1.29, 1.82) is 0 Å². The second kappa shape index (κ2) is 8.70. The van der Waals surface area contributed by atoms with Crippen LogP contribution in [0, 0.1) is 5.82 Å². The fourth-order valence-corrected chi connectivity index (χ4v) is 2.38. The molecule has 0 radical (unpaired) electrons. The average Bonchev–Trinajstić information content (AvgIpc) is 2.45. The molecule has 1 heterocycles. The molecule has 0 aromatic heterocycles. The van der Waals surface area contributed by atoms with Gasteiger partial charge in [-0.1, -0.05) is 12.1 Å². The van der Waals surface area contributed by atoms with Gasteiger partial charge in [0.15, 0.2) is 0 Å². The van der Waals surface area contributed by atoms with Gasteiger partial charge in [-0.2, -0.15) is 0 Å². The van der Waals surface area contributed by atoms with Gasteiger partial charge in [0.05, 0.1) is 13.0 Å². The smallest absolute Gasteiger partial charge is 0.242 e. The summed E-state index contributed by atoms with van der Waals surface area (Å²) < 4.78 is 13.0. The summed E-state index contributed by atoms with van der Waals surface area (Å²) in [5.74, 6) is -0.737. The highest BCUT2D eigenvalue weighted by Gasteiger charge is 2.22. The van der Waals surface area contributed by atoms with E-state index in [0.717, 1.165) is 13.1 Å². The van der Waals surface area contributed by atoms with Crippen molar-refractivity contribution in [3.05, 3.63) is 35.6 Å². The Morgan fingerprint density at radius 2 is 2.23 bits per heavy atom. The highest BCUT2D eigenvalue weighted by Crippen LogP contribution is 2.05. The summed E-state index contributed by atoms with van der Waals surface area (Å²) >= 11 is 0. The number of hydrogen-bond donors (Lipinski definition) is 2. The lowest BCUT2D eigenvalue weighted by atomic mass is 10.1. The van der Waals surface area contributed by atoms with Crippen molar-refractivity contribution in [2.75, 3.05) is 26.2 Å². The lowest BCUT2D eigenvalue weighted by Gasteiger charge is -2.34. The summed E-state index contributed by atoms with van der Waals surface area (Å²) in [6.07, 6.45) is 0.0716. The van der Waals surface area contributed by atoms with Crippen molar-refractivity contribution in [3.8, 4) is 0 Å². The second-order valence-corrected chi connectivity index (χ2v) is 5.22. The summed E-state index contributed by atoms with van der Waals surface area (Å²) in [5.41, 5.74) is 0.593. The summed E-state index contributed by atoms with van der Waals surface area (Å²) in [7, 11) is 0. The third kappa shape index (κ3) is 5.27. The molecule has 7 heteroatoms. The zero-order chi connectivity index (χ0) is 15.2. The first-order chi connectivity index (χ1) is 10.1. The number of carbonyl (C=O) groups is 2. The van der Waals surface area contributed by atoms with Crippen LogP contribution < -0.4 is 10.6 Å². The van der Waals surface area contributed by atoms with E-state index in [9.17, 15) is 14.0 Å². The molecule has 0 unspecified atom stereocenters. The number of nitrogens with one attached hydrogen (secondary N) is 2. The van der Waals surface area contributed by atoms with Gasteiger partial charge in [0.1, 0.15) is 5.82 Å². The zero-order valence-corrected chi connectivity index (χ0v) is 13.3. The van der Waals surface area contributed by atoms with E-state index in [1.807, 2.05) is 6.92 Å². The molecule has 1 fully saturated rings. The molecule has 1 aliphatic heterocycles. The first kappa shape index (κ1) is 18.4. The van der Waals surface area contributed by atoms with Crippen molar-refractivity contribution < 1.29 is 14.0 Å². The number of piperazine rings is 1. The van der Waals surface area contributed by atoms with E-state index < -0.39 is 0 Å². The minimum Gasteiger partial charge on any atom is -0.347 e. The van der Waals surface area contributed by atoms with Gasteiger partial charge < -0.3 is 15.5 Å². The Morgan fingerprint density at radius 1 is 1.45 bits per heavy atom. The van der Waals surface area contributed by atoms with Gasteiger partial charge in [0.2, 0.25) is 11.8 Å². The van der Waals surface area contributed by atoms with Crippen LogP contribution in [0.3, 0.4) is 0 Å². The van der Waals surface area contributed by atoms with Crippen molar-refractivity contribution >= 4 is 24.2 Å². The van der Waals surface area contributed by atoms with Crippen LogP contribution in [0.2, 0.25) is 0 Å². The molecule has 0 spiro atoms. The lowest BCUT2D eigenvalue weighted by molar-refractivity contribution is -0.135. The Balaban J connectivity index is 0.00000242. The van der Waals surface area contributed by atoms with Crippen LogP contribution in [-0.2, 0) is 16.0 Å². The van der Waals surface area contributed by atoms with Crippen molar-refractivity contribution in [3.63, 3.8) is 0 Å². The molecule has 0 saturated carbocycles. The van der Waals surface area contributed by atoms with E-state index in [0.29, 0.717) is 12.1 Å². The molecule has 2 N–H and O–H groups in total. The number of hydrogen-bond acceptors (Lipinski definition) is 3. The van der Waals surface area contributed by atoms with Crippen LogP contribution >= 0.6 is 12.4 Å². The molecule has 1 atom stereocenters. The van der Waals surface area contributed by atoms with E-state index in [-0.39, 0.29) is 49.0 Å². The van der Waals surface area contributed by atoms with E-state index in [1.54, 1.807) is 17.0 Å². The maximum atomic E-state index is 13.0. The predicted octanol–water partition coefficient (Wildman–Crippen LogP) is 0.727. The van der Waals surface area contributed by atoms with Gasteiger partial charge >= 0.3 is 0 Å². The summed E-state index contributed by atoms with van der Waals surface area (Å²) in [6, 6.07) is 6.02. The van der Waals surface area contributed by atoms with Gasteiger partial charge in [-0.15, -0.1) is 12.4 Å². The van der Waals surface area contributed by atoms with Crippen LogP contribution in [-0.4, -0.2) is 48.9 Å². The number of rotatable bonds is 4. The number of benzene rings is 1. The van der Waals surface area contributed by atoms with E-state index in [2.05, 4.69) is 10.6 Å². The largest absolute Gasteiger partial charge is 0.347 e. The third-order valence-corrected chi connectivity index (χ3v) is 3.51. The van der Waals surface area contributed by atoms with Crippen LogP contribution in [0.4, 0.5) is 4.39 Å². The minimum absolute atomic E-state index is 0. The average molecular weight is 330 g/mol. The maximum absolute atomic E-state index is 13.0. The second-order valence-electron chi connectivity index (χ2n) is 5.22. The predicted molar refractivity (Wildman–Crippen MR) is 84.4 cm³/mol. The maximum Gasteiger partial charge on any atom is 0.242 e. The highest BCUT2D eigenvalue weighted by atomic mass is 35.5. The Labute approximate surface area is 135 Å². The molecule has 122 valence electrons. The fraction of sp³-hybridized carbons (Fsp3) is 0.467. The van der Waals surface area contributed by atoms with Crippen LogP contribution in [0.5, 0.6) is 0 Å². The van der Waals surface area contributed by atoms with Gasteiger partial charge in [0.25, 0.3) is 0 Å². The summed E-state index contributed by atoms with van der Waals surface area (Å²) in [4.78, 5) is 25.6. The van der Waals surface area contributed by atoms with Gasteiger partial charge in [-0.05, 0) is 24.6 Å². The van der Waals surface area contributed by atoms with Crippen molar-refractivity contribution in [2.45, 2.75) is 19.4 Å². The summed E-state index contributed by atoms with van der Waals surface area (Å²) in [6.45, 7) is 4.15. The molecule has 22 heavy (non-hydrogen) atoms.